The topological polar surface area (TPSA) is 53.4 Å². The van der Waals surface area contributed by atoms with E-state index in [1.807, 2.05) is 36.4 Å². The molecule has 0 radical (unpaired) electrons. The minimum Gasteiger partial charge on any atom is -0.497 e. The average molecular weight is 370 g/mol. The van der Waals surface area contributed by atoms with E-state index < -0.39 is 0 Å². The Morgan fingerprint density at radius 3 is 2.58 bits per heavy atom. The number of rotatable bonds is 8. The second-order valence-corrected chi connectivity index (χ2v) is 6.87. The molecule has 0 atom stereocenters. The van der Waals surface area contributed by atoms with Crippen LogP contribution in [0.1, 0.15) is 5.56 Å². The predicted octanol–water partition coefficient (Wildman–Crippen LogP) is 3.39. The predicted molar refractivity (Wildman–Crippen MR) is 105 cm³/mol. The molecule has 0 unspecified atom stereocenters. The van der Waals surface area contributed by atoms with Crippen LogP contribution >= 0.6 is 11.8 Å². The number of para-hydroxylation sites is 1. The second kappa shape index (κ2) is 8.87. The summed E-state index contributed by atoms with van der Waals surface area (Å²) in [6.45, 7) is 0.976. The Morgan fingerprint density at radius 2 is 1.85 bits per heavy atom. The van der Waals surface area contributed by atoms with Crippen LogP contribution in [0.2, 0.25) is 0 Å². The van der Waals surface area contributed by atoms with E-state index in [0.29, 0.717) is 18.5 Å². The molecule has 26 heavy (non-hydrogen) atoms. The van der Waals surface area contributed by atoms with Gasteiger partial charge in [0.2, 0.25) is 0 Å². The lowest BCUT2D eigenvalue weighted by molar-refractivity contribution is 0.183. The van der Waals surface area contributed by atoms with E-state index >= 15 is 0 Å². The maximum absolute atomic E-state index is 12.8. The average Bonchev–Trinajstić information content (AvgIpc) is 2.68. The van der Waals surface area contributed by atoms with Crippen molar-refractivity contribution < 1.29 is 9.47 Å². The largest absolute Gasteiger partial charge is 0.497 e. The van der Waals surface area contributed by atoms with Crippen LogP contribution in [-0.2, 0) is 17.7 Å². The van der Waals surface area contributed by atoms with Gasteiger partial charge in [0, 0.05) is 12.9 Å². The fourth-order valence-electron chi connectivity index (χ4n) is 2.69. The SMILES string of the molecule is COCCn1c(SCCc2ccc(OC)cc2)nc2ccccc2c1=O. The summed E-state index contributed by atoms with van der Waals surface area (Å²) in [7, 11) is 3.30. The van der Waals surface area contributed by atoms with Gasteiger partial charge in [0.1, 0.15) is 5.75 Å². The van der Waals surface area contributed by atoms with Crippen LogP contribution in [0.4, 0.5) is 0 Å². The number of thioether (sulfide) groups is 1. The monoisotopic (exact) mass is 370 g/mol. The van der Waals surface area contributed by atoms with Crippen molar-refractivity contribution >= 4 is 22.7 Å². The fourth-order valence-corrected chi connectivity index (χ4v) is 3.70. The zero-order valence-corrected chi connectivity index (χ0v) is 15.8. The summed E-state index contributed by atoms with van der Waals surface area (Å²) < 4.78 is 12.1. The van der Waals surface area contributed by atoms with E-state index in [4.69, 9.17) is 14.5 Å². The molecule has 0 saturated carbocycles. The first-order valence-electron chi connectivity index (χ1n) is 8.47. The Hall–Kier alpha value is -2.31. The van der Waals surface area contributed by atoms with Crippen molar-refractivity contribution in [3.05, 3.63) is 64.4 Å². The maximum atomic E-state index is 12.8. The van der Waals surface area contributed by atoms with Crippen molar-refractivity contribution in [2.75, 3.05) is 26.6 Å². The van der Waals surface area contributed by atoms with Gasteiger partial charge in [-0.15, -0.1) is 0 Å². The molecule has 0 aliphatic rings. The Bertz CT molecular complexity index is 922. The van der Waals surface area contributed by atoms with Gasteiger partial charge in [-0.05, 0) is 36.2 Å². The van der Waals surface area contributed by atoms with Gasteiger partial charge in [0.05, 0.1) is 31.2 Å². The maximum Gasteiger partial charge on any atom is 0.262 e. The first-order valence-corrected chi connectivity index (χ1v) is 9.45. The molecule has 2 aromatic carbocycles. The van der Waals surface area contributed by atoms with Gasteiger partial charge in [-0.1, -0.05) is 36.0 Å². The molecule has 1 heterocycles. The van der Waals surface area contributed by atoms with Crippen molar-refractivity contribution in [1.82, 2.24) is 9.55 Å². The molecular weight excluding hydrogens is 348 g/mol. The molecule has 1 aromatic heterocycles. The number of methoxy groups -OCH3 is 2. The number of ether oxygens (including phenoxy) is 2. The summed E-state index contributed by atoms with van der Waals surface area (Å²) in [5.41, 5.74) is 1.95. The highest BCUT2D eigenvalue weighted by molar-refractivity contribution is 7.99. The normalized spacial score (nSPS) is 11.0. The highest BCUT2D eigenvalue weighted by Gasteiger charge is 2.11. The van der Waals surface area contributed by atoms with E-state index in [0.717, 1.165) is 28.6 Å². The summed E-state index contributed by atoms with van der Waals surface area (Å²) in [6, 6.07) is 15.5. The van der Waals surface area contributed by atoms with Gasteiger partial charge in [-0.25, -0.2) is 4.98 Å². The van der Waals surface area contributed by atoms with Crippen LogP contribution in [0.5, 0.6) is 5.75 Å². The van der Waals surface area contributed by atoms with Gasteiger partial charge >= 0.3 is 0 Å². The highest BCUT2D eigenvalue weighted by Crippen LogP contribution is 2.20. The number of fused-ring (bicyclic) bond motifs is 1. The third-order valence-corrected chi connectivity index (χ3v) is 5.10. The molecule has 5 nitrogen and oxygen atoms in total. The van der Waals surface area contributed by atoms with Gasteiger partial charge in [-0.2, -0.15) is 0 Å². The zero-order chi connectivity index (χ0) is 18.4. The number of benzene rings is 2. The van der Waals surface area contributed by atoms with Crippen molar-refractivity contribution in [2.24, 2.45) is 0 Å². The molecule has 0 bridgehead atoms. The quantitative estimate of drug-likeness (QED) is 0.449. The molecule has 3 aromatic rings. The van der Waals surface area contributed by atoms with Crippen molar-refractivity contribution in [3.8, 4) is 5.75 Å². The molecule has 0 spiro atoms. The van der Waals surface area contributed by atoms with E-state index in [9.17, 15) is 4.79 Å². The van der Waals surface area contributed by atoms with Crippen LogP contribution < -0.4 is 10.3 Å². The molecule has 0 aliphatic carbocycles. The number of aromatic nitrogens is 2. The van der Waals surface area contributed by atoms with Gasteiger partial charge < -0.3 is 9.47 Å². The summed E-state index contributed by atoms with van der Waals surface area (Å²) in [5, 5.41) is 1.38. The second-order valence-electron chi connectivity index (χ2n) is 5.81. The number of hydrogen-bond acceptors (Lipinski definition) is 5. The van der Waals surface area contributed by atoms with Crippen molar-refractivity contribution in [3.63, 3.8) is 0 Å². The van der Waals surface area contributed by atoms with Gasteiger partial charge in [0.25, 0.3) is 5.56 Å². The van der Waals surface area contributed by atoms with Gasteiger partial charge in [0.15, 0.2) is 5.16 Å². The van der Waals surface area contributed by atoms with Crippen LogP contribution in [0.25, 0.3) is 10.9 Å². The minimum atomic E-state index is -0.0143. The smallest absolute Gasteiger partial charge is 0.262 e. The zero-order valence-electron chi connectivity index (χ0n) is 15.0. The Balaban J connectivity index is 1.79. The first-order chi connectivity index (χ1) is 12.7. The lowest BCUT2D eigenvalue weighted by atomic mass is 10.2. The van der Waals surface area contributed by atoms with E-state index in [1.54, 1.807) is 30.5 Å². The highest BCUT2D eigenvalue weighted by atomic mass is 32.2. The van der Waals surface area contributed by atoms with Crippen LogP contribution in [-0.4, -0.2) is 36.1 Å². The number of nitrogens with zero attached hydrogens (tertiary/aromatic N) is 2. The summed E-state index contributed by atoms with van der Waals surface area (Å²) in [5.74, 6) is 1.69. The molecular formula is C20H22N2O3S. The lowest BCUT2D eigenvalue weighted by Crippen LogP contribution is -2.25. The third kappa shape index (κ3) is 4.26. The number of aryl methyl sites for hydroxylation is 1. The van der Waals surface area contributed by atoms with E-state index in [-0.39, 0.29) is 5.56 Å². The van der Waals surface area contributed by atoms with E-state index in [2.05, 4.69) is 12.1 Å². The van der Waals surface area contributed by atoms with Crippen LogP contribution in [0, 0.1) is 0 Å². The van der Waals surface area contributed by atoms with Crippen LogP contribution in [0.3, 0.4) is 0 Å². The molecule has 0 aliphatic heterocycles. The van der Waals surface area contributed by atoms with Gasteiger partial charge in [-0.3, -0.25) is 9.36 Å². The summed E-state index contributed by atoms with van der Waals surface area (Å²) >= 11 is 1.60. The summed E-state index contributed by atoms with van der Waals surface area (Å²) in [6.07, 6.45) is 0.891. The summed E-state index contributed by atoms with van der Waals surface area (Å²) in [4.78, 5) is 17.5. The Morgan fingerprint density at radius 1 is 1.08 bits per heavy atom. The molecule has 0 N–H and O–H groups in total. The first kappa shape index (κ1) is 18.5. The molecule has 6 heteroatoms. The molecule has 136 valence electrons. The van der Waals surface area contributed by atoms with Crippen LogP contribution in [0.15, 0.2) is 58.5 Å². The molecule has 0 amide bonds. The lowest BCUT2D eigenvalue weighted by Gasteiger charge is -2.12. The minimum absolute atomic E-state index is 0.0143. The Kier molecular flexibility index (Phi) is 6.30. The molecule has 0 saturated heterocycles. The third-order valence-electron chi connectivity index (χ3n) is 4.13. The standard InChI is InChI=1S/C20H22N2O3S/c1-24-13-12-22-19(23)17-5-3-4-6-18(17)21-20(22)26-14-11-15-7-9-16(25-2)10-8-15/h3-10H,11-14H2,1-2H3. The molecule has 0 fully saturated rings. The van der Waals surface area contributed by atoms with Crippen molar-refractivity contribution in [2.45, 2.75) is 18.1 Å². The fraction of sp³-hybridized carbons (Fsp3) is 0.300. The molecule has 3 rings (SSSR count). The van der Waals surface area contributed by atoms with Crippen molar-refractivity contribution in [1.29, 1.82) is 0 Å². The number of hydrogen-bond donors (Lipinski definition) is 0. The Labute approximate surface area is 157 Å². The van der Waals surface area contributed by atoms with E-state index in [1.165, 1.54) is 5.56 Å².